The summed E-state index contributed by atoms with van der Waals surface area (Å²) in [6.07, 6.45) is 0. The topological polar surface area (TPSA) is 70.8 Å². The molecule has 0 radical (unpaired) electrons. The van der Waals surface area contributed by atoms with Gasteiger partial charge in [0.2, 0.25) is 0 Å². The Morgan fingerprint density at radius 3 is 2.28 bits per heavy atom. The maximum atomic E-state index is 13.4. The quantitative estimate of drug-likeness (QED) is 0.374. The van der Waals surface area contributed by atoms with Gasteiger partial charge in [-0.05, 0) is 67.6 Å². The summed E-state index contributed by atoms with van der Waals surface area (Å²) >= 11 is 5.90. The summed E-state index contributed by atoms with van der Waals surface area (Å²) in [7, 11) is 0. The second kappa shape index (κ2) is 7.22. The minimum Gasteiger partial charge on any atom is -0.507 e. The van der Waals surface area contributed by atoms with E-state index in [1.165, 1.54) is 29.2 Å². The van der Waals surface area contributed by atoms with Crippen molar-refractivity contribution in [3.8, 4) is 0 Å². The first-order chi connectivity index (χ1) is 13.9. The fourth-order valence-electron chi connectivity index (χ4n) is 3.33. The maximum absolute atomic E-state index is 13.4. The molecule has 5 nitrogen and oxygen atoms in total. The van der Waals surface area contributed by atoms with Gasteiger partial charge >= 0.3 is 0 Å². The Hall–Kier alpha value is -3.38. The van der Waals surface area contributed by atoms with Gasteiger partial charge in [-0.25, -0.2) is 4.39 Å². The zero-order valence-electron chi connectivity index (χ0n) is 15.2. The van der Waals surface area contributed by atoms with Crippen LogP contribution in [0.15, 0.2) is 70.7 Å². The second-order valence-corrected chi connectivity index (χ2v) is 7.04. The van der Waals surface area contributed by atoms with E-state index in [4.69, 9.17) is 16.0 Å². The van der Waals surface area contributed by atoms with E-state index >= 15 is 0 Å². The van der Waals surface area contributed by atoms with Gasteiger partial charge in [0.05, 0.1) is 5.57 Å². The molecule has 0 saturated carbocycles. The van der Waals surface area contributed by atoms with E-state index in [9.17, 15) is 19.1 Å². The average molecular weight is 412 g/mol. The molecule has 4 rings (SSSR count). The van der Waals surface area contributed by atoms with Gasteiger partial charge < -0.3 is 9.52 Å². The first-order valence-corrected chi connectivity index (χ1v) is 9.13. The van der Waals surface area contributed by atoms with Gasteiger partial charge in [0.1, 0.15) is 29.1 Å². The van der Waals surface area contributed by atoms with Crippen LogP contribution in [-0.2, 0) is 9.59 Å². The standard InChI is InChI=1S/C22H15ClFNO4/c1-12-2-11-17(29-12)19-18(20(26)13-3-5-14(23)6-4-13)21(27)22(28)25(19)16-9-7-15(24)8-10-16/h2-11,19,26H,1H3/b20-18-. The molecular weight excluding hydrogens is 397 g/mol. The van der Waals surface area contributed by atoms with Crippen molar-refractivity contribution >= 4 is 34.7 Å². The number of benzene rings is 2. The number of nitrogens with zero attached hydrogens (tertiary/aromatic N) is 1. The molecule has 1 amide bonds. The van der Waals surface area contributed by atoms with Crippen LogP contribution in [0.3, 0.4) is 0 Å². The number of carbonyl (C=O) groups excluding carboxylic acids is 2. The fourth-order valence-corrected chi connectivity index (χ4v) is 3.46. The van der Waals surface area contributed by atoms with Gasteiger partial charge in [-0.15, -0.1) is 0 Å². The van der Waals surface area contributed by atoms with Crippen LogP contribution in [0.1, 0.15) is 23.1 Å². The van der Waals surface area contributed by atoms with E-state index in [0.717, 1.165) is 0 Å². The van der Waals surface area contributed by atoms with Crippen molar-refractivity contribution in [1.82, 2.24) is 0 Å². The molecule has 1 aliphatic rings. The SMILES string of the molecule is Cc1ccc(C2/C(=C(/O)c3ccc(Cl)cc3)C(=O)C(=O)N2c2ccc(F)cc2)o1. The molecule has 3 aromatic rings. The van der Waals surface area contributed by atoms with Crippen molar-refractivity contribution in [2.45, 2.75) is 13.0 Å². The molecule has 7 heteroatoms. The van der Waals surface area contributed by atoms with Crippen molar-refractivity contribution in [2.24, 2.45) is 0 Å². The van der Waals surface area contributed by atoms with Crippen LogP contribution in [0.2, 0.25) is 5.02 Å². The summed E-state index contributed by atoms with van der Waals surface area (Å²) in [5, 5.41) is 11.3. The summed E-state index contributed by atoms with van der Waals surface area (Å²) in [5.41, 5.74) is 0.526. The van der Waals surface area contributed by atoms with Crippen molar-refractivity contribution in [2.75, 3.05) is 4.90 Å². The third kappa shape index (κ3) is 3.32. The molecule has 146 valence electrons. The number of Topliss-reactive ketones (excluding diaryl/α,β-unsaturated/α-hetero) is 1. The maximum Gasteiger partial charge on any atom is 0.300 e. The lowest BCUT2D eigenvalue weighted by Gasteiger charge is -2.23. The molecule has 2 aromatic carbocycles. The lowest BCUT2D eigenvalue weighted by molar-refractivity contribution is -0.132. The Morgan fingerprint density at radius 2 is 1.69 bits per heavy atom. The van der Waals surface area contributed by atoms with Gasteiger partial charge in [-0.2, -0.15) is 0 Å². The Morgan fingerprint density at radius 1 is 1.03 bits per heavy atom. The number of hydrogen-bond donors (Lipinski definition) is 1. The van der Waals surface area contributed by atoms with E-state index in [0.29, 0.717) is 27.8 Å². The van der Waals surface area contributed by atoms with E-state index in [1.54, 1.807) is 43.3 Å². The van der Waals surface area contributed by atoms with Crippen LogP contribution < -0.4 is 4.90 Å². The van der Waals surface area contributed by atoms with E-state index < -0.39 is 23.5 Å². The number of anilines is 1. The molecule has 0 aliphatic carbocycles. The highest BCUT2D eigenvalue weighted by atomic mass is 35.5. The Kier molecular flexibility index (Phi) is 4.72. The molecule has 0 spiro atoms. The smallest absolute Gasteiger partial charge is 0.300 e. The monoisotopic (exact) mass is 411 g/mol. The van der Waals surface area contributed by atoms with Crippen molar-refractivity contribution in [1.29, 1.82) is 0 Å². The average Bonchev–Trinajstić information content (AvgIpc) is 3.24. The molecular formula is C22H15ClFNO4. The Labute approximate surface area is 170 Å². The second-order valence-electron chi connectivity index (χ2n) is 6.60. The largest absolute Gasteiger partial charge is 0.507 e. The zero-order chi connectivity index (χ0) is 20.7. The number of aliphatic hydroxyl groups excluding tert-OH is 1. The third-order valence-corrected chi connectivity index (χ3v) is 4.95. The predicted molar refractivity (Wildman–Crippen MR) is 106 cm³/mol. The summed E-state index contributed by atoms with van der Waals surface area (Å²) in [4.78, 5) is 26.9. The van der Waals surface area contributed by atoms with E-state index in [-0.39, 0.29) is 11.3 Å². The Balaban J connectivity index is 1.92. The number of hydrogen-bond acceptors (Lipinski definition) is 4. The molecule has 29 heavy (non-hydrogen) atoms. The van der Waals surface area contributed by atoms with Crippen molar-refractivity contribution in [3.63, 3.8) is 0 Å². The van der Waals surface area contributed by atoms with Crippen LogP contribution in [0.25, 0.3) is 5.76 Å². The molecule has 1 atom stereocenters. The Bertz CT molecular complexity index is 1130. The lowest BCUT2D eigenvalue weighted by atomic mass is 9.99. The minimum absolute atomic E-state index is 0.115. The molecule has 1 aliphatic heterocycles. The molecule has 1 N–H and O–H groups in total. The molecule has 0 bridgehead atoms. The highest BCUT2D eigenvalue weighted by Gasteiger charge is 2.48. The molecule has 1 unspecified atom stereocenters. The van der Waals surface area contributed by atoms with Crippen LogP contribution in [0, 0.1) is 12.7 Å². The van der Waals surface area contributed by atoms with E-state index in [2.05, 4.69) is 0 Å². The van der Waals surface area contributed by atoms with Crippen LogP contribution >= 0.6 is 11.6 Å². The van der Waals surface area contributed by atoms with Crippen LogP contribution in [0.5, 0.6) is 0 Å². The number of carbonyl (C=O) groups is 2. The van der Waals surface area contributed by atoms with E-state index in [1.807, 2.05) is 0 Å². The van der Waals surface area contributed by atoms with Gasteiger partial charge in [-0.3, -0.25) is 14.5 Å². The number of furan rings is 1. The highest BCUT2D eigenvalue weighted by Crippen LogP contribution is 2.42. The van der Waals surface area contributed by atoms with Gasteiger partial charge in [0, 0.05) is 16.3 Å². The summed E-state index contributed by atoms with van der Waals surface area (Å²) in [6.45, 7) is 1.73. The minimum atomic E-state index is -0.996. The number of rotatable bonds is 3. The summed E-state index contributed by atoms with van der Waals surface area (Å²) in [5.74, 6) is -1.63. The predicted octanol–water partition coefficient (Wildman–Crippen LogP) is 5.01. The van der Waals surface area contributed by atoms with Gasteiger partial charge in [0.25, 0.3) is 11.7 Å². The molecule has 2 heterocycles. The molecule has 1 saturated heterocycles. The van der Waals surface area contributed by atoms with Crippen molar-refractivity contribution in [3.05, 3.63) is 94.2 Å². The third-order valence-electron chi connectivity index (χ3n) is 4.70. The number of aryl methyl sites for hydroxylation is 1. The first-order valence-electron chi connectivity index (χ1n) is 8.75. The number of ketones is 1. The molecule has 1 fully saturated rings. The summed E-state index contributed by atoms with van der Waals surface area (Å²) < 4.78 is 19.1. The fraction of sp³-hybridized carbons (Fsp3) is 0.0909. The first kappa shape index (κ1) is 19.0. The normalized spacial score (nSPS) is 18.4. The zero-order valence-corrected chi connectivity index (χ0v) is 16.0. The van der Waals surface area contributed by atoms with Crippen molar-refractivity contribution < 1.29 is 23.5 Å². The summed E-state index contributed by atoms with van der Waals surface area (Å²) in [6, 6.07) is 13.7. The number of aliphatic hydroxyl groups is 1. The van der Waals surface area contributed by atoms with Crippen LogP contribution in [-0.4, -0.2) is 16.8 Å². The lowest BCUT2D eigenvalue weighted by Crippen LogP contribution is -2.29. The number of amides is 1. The molecule has 1 aromatic heterocycles. The number of halogens is 2. The van der Waals surface area contributed by atoms with Gasteiger partial charge in [0.15, 0.2) is 0 Å². The van der Waals surface area contributed by atoms with Crippen LogP contribution in [0.4, 0.5) is 10.1 Å². The highest BCUT2D eigenvalue weighted by molar-refractivity contribution is 6.51. The van der Waals surface area contributed by atoms with Gasteiger partial charge in [-0.1, -0.05) is 11.6 Å².